The number of carbonyl (C=O) groups excluding carboxylic acids is 1. The second-order valence-electron chi connectivity index (χ2n) is 7.92. The fraction of sp³-hybridized carbons (Fsp3) is 0.348. The van der Waals surface area contributed by atoms with E-state index in [9.17, 15) is 4.79 Å². The van der Waals surface area contributed by atoms with Crippen LogP contribution >= 0.6 is 22.9 Å². The van der Waals surface area contributed by atoms with Crippen molar-refractivity contribution in [3.8, 4) is 10.7 Å². The Balaban J connectivity index is 1.12. The lowest BCUT2D eigenvalue weighted by Gasteiger charge is -2.34. The molecule has 0 unspecified atom stereocenters. The monoisotopic (exact) mass is 470 g/mol. The zero-order valence-electron chi connectivity index (χ0n) is 17.7. The molecule has 1 aliphatic heterocycles. The predicted molar refractivity (Wildman–Crippen MR) is 124 cm³/mol. The maximum Gasteiger partial charge on any atom is 0.289 e. The quantitative estimate of drug-likeness (QED) is 0.399. The van der Waals surface area contributed by atoms with E-state index in [2.05, 4.69) is 15.0 Å². The summed E-state index contributed by atoms with van der Waals surface area (Å²) in [5.74, 6) is 1.68. The molecule has 4 heterocycles. The summed E-state index contributed by atoms with van der Waals surface area (Å²) in [4.78, 5) is 22.8. The number of piperazine rings is 1. The molecule has 1 aromatic carbocycles. The molecule has 32 heavy (non-hydrogen) atoms. The van der Waals surface area contributed by atoms with Gasteiger partial charge in [-0.15, -0.1) is 11.3 Å². The van der Waals surface area contributed by atoms with E-state index < -0.39 is 0 Å². The fourth-order valence-corrected chi connectivity index (χ4v) is 4.85. The number of hydrogen-bond acceptors (Lipinski definition) is 7. The number of benzene rings is 1. The number of furan rings is 1. The maximum absolute atomic E-state index is 13.0. The Morgan fingerprint density at radius 1 is 1.22 bits per heavy atom. The summed E-state index contributed by atoms with van der Waals surface area (Å²) in [7, 11) is 0. The first-order valence-corrected chi connectivity index (χ1v) is 11.9. The topological polar surface area (TPSA) is 75.6 Å². The highest BCUT2D eigenvalue weighted by Crippen LogP contribution is 2.29. The second kappa shape index (κ2) is 9.05. The van der Waals surface area contributed by atoms with Gasteiger partial charge >= 0.3 is 0 Å². The smallest absolute Gasteiger partial charge is 0.289 e. The number of halogens is 1. The van der Waals surface area contributed by atoms with Crippen LogP contribution in [0.15, 0.2) is 44.7 Å². The van der Waals surface area contributed by atoms with Crippen molar-refractivity contribution in [1.29, 1.82) is 0 Å². The van der Waals surface area contributed by atoms with Crippen LogP contribution in [0.4, 0.5) is 0 Å². The van der Waals surface area contributed by atoms with Gasteiger partial charge in [0.15, 0.2) is 5.76 Å². The molecule has 5 rings (SSSR count). The minimum Gasteiger partial charge on any atom is -0.451 e. The van der Waals surface area contributed by atoms with E-state index in [0.717, 1.165) is 48.3 Å². The molecule has 1 saturated heterocycles. The summed E-state index contributed by atoms with van der Waals surface area (Å²) in [6.45, 7) is 5.87. The van der Waals surface area contributed by atoms with Crippen molar-refractivity contribution in [2.75, 3.05) is 32.7 Å². The molecule has 166 valence electrons. The third-order valence-electron chi connectivity index (χ3n) is 5.83. The van der Waals surface area contributed by atoms with Gasteiger partial charge in [-0.2, -0.15) is 4.98 Å². The Kier molecular flexibility index (Phi) is 5.99. The number of thiophene rings is 1. The first-order chi connectivity index (χ1) is 15.6. The SMILES string of the molecule is Cc1c(C(=O)N2CCN(CCCc3nc(-c4cccs4)no3)CC2)oc2ccc(Cl)cc12. The molecular formula is C23H23ClN4O3S. The van der Waals surface area contributed by atoms with Gasteiger partial charge in [-0.3, -0.25) is 9.69 Å². The minimum absolute atomic E-state index is 0.0542. The van der Waals surface area contributed by atoms with Crippen molar-refractivity contribution in [3.05, 3.63) is 57.9 Å². The molecule has 1 aliphatic rings. The number of fused-ring (bicyclic) bond motifs is 1. The Bertz CT molecular complexity index is 1230. The lowest BCUT2D eigenvalue weighted by molar-refractivity contribution is 0.0606. The summed E-state index contributed by atoms with van der Waals surface area (Å²) in [6.07, 6.45) is 1.68. The number of aromatic nitrogens is 2. The number of rotatable bonds is 6. The van der Waals surface area contributed by atoms with Crippen LogP contribution in [0.2, 0.25) is 5.02 Å². The van der Waals surface area contributed by atoms with Crippen molar-refractivity contribution in [3.63, 3.8) is 0 Å². The standard InChI is InChI=1S/C23H23ClN4O3S/c1-15-17-14-16(24)6-7-18(17)30-21(15)23(29)28-11-9-27(10-12-28)8-2-5-20-25-22(26-31-20)19-4-3-13-32-19/h3-4,6-7,13-14H,2,5,8-12H2,1H3. The fourth-order valence-electron chi connectivity index (χ4n) is 4.03. The van der Waals surface area contributed by atoms with Gasteiger partial charge in [-0.05, 0) is 49.5 Å². The third kappa shape index (κ3) is 4.30. The van der Waals surface area contributed by atoms with Crippen molar-refractivity contribution in [1.82, 2.24) is 19.9 Å². The number of amides is 1. The first-order valence-electron chi connectivity index (χ1n) is 10.7. The van der Waals surface area contributed by atoms with Gasteiger partial charge in [0.2, 0.25) is 11.7 Å². The summed E-state index contributed by atoms with van der Waals surface area (Å²) in [6, 6.07) is 9.40. The molecule has 1 amide bonds. The first kappa shape index (κ1) is 21.2. The van der Waals surface area contributed by atoms with Gasteiger partial charge in [0, 0.05) is 48.6 Å². The van der Waals surface area contributed by atoms with E-state index in [4.69, 9.17) is 20.5 Å². The Morgan fingerprint density at radius 3 is 2.84 bits per heavy atom. The Morgan fingerprint density at radius 2 is 2.06 bits per heavy atom. The van der Waals surface area contributed by atoms with Gasteiger partial charge in [-0.25, -0.2) is 0 Å². The largest absolute Gasteiger partial charge is 0.451 e. The maximum atomic E-state index is 13.0. The van der Waals surface area contributed by atoms with E-state index in [-0.39, 0.29) is 5.91 Å². The van der Waals surface area contributed by atoms with Crippen LogP contribution in [-0.2, 0) is 6.42 Å². The minimum atomic E-state index is -0.0542. The number of aryl methyl sites for hydroxylation is 2. The Labute approximate surface area is 194 Å². The van der Waals surface area contributed by atoms with E-state index in [0.29, 0.717) is 41.2 Å². The molecule has 4 aromatic rings. The van der Waals surface area contributed by atoms with Crippen LogP contribution < -0.4 is 0 Å². The number of carbonyl (C=O) groups is 1. The summed E-state index contributed by atoms with van der Waals surface area (Å²) >= 11 is 7.70. The van der Waals surface area contributed by atoms with Gasteiger partial charge in [0.1, 0.15) is 5.58 Å². The van der Waals surface area contributed by atoms with Crippen molar-refractivity contribution >= 4 is 39.8 Å². The zero-order chi connectivity index (χ0) is 22.1. The van der Waals surface area contributed by atoms with Crippen LogP contribution in [-0.4, -0.2) is 58.6 Å². The van der Waals surface area contributed by atoms with Crippen LogP contribution in [0, 0.1) is 6.92 Å². The van der Waals surface area contributed by atoms with Crippen molar-refractivity contribution in [2.45, 2.75) is 19.8 Å². The second-order valence-corrected chi connectivity index (χ2v) is 9.31. The average Bonchev–Trinajstić information content (AvgIpc) is 3.55. The third-order valence-corrected chi connectivity index (χ3v) is 6.93. The van der Waals surface area contributed by atoms with Crippen LogP contribution in [0.25, 0.3) is 21.7 Å². The molecule has 7 nitrogen and oxygen atoms in total. The van der Waals surface area contributed by atoms with Crippen molar-refractivity contribution in [2.24, 2.45) is 0 Å². The van der Waals surface area contributed by atoms with Gasteiger partial charge in [0.25, 0.3) is 5.91 Å². The number of nitrogens with zero attached hydrogens (tertiary/aromatic N) is 4. The molecule has 3 aromatic heterocycles. The summed E-state index contributed by atoms with van der Waals surface area (Å²) in [5.41, 5.74) is 1.54. The van der Waals surface area contributed by atoms with E-state index >= 15 is 0 Å². The van der Waals surface area contributed by atoms with Gasteiger partial charge in [-0.1, -0.05) is 22.8 Å². The van der Waals surface area contributed by atoms with Gasteiger partial charge < -0.3 is 13.8 Å². The van der Waals surface area contributed by atoms with E-state index in [1.54, 1.807) is 17.4 Å². The zero-order valence-corrected chi connectivity index (χ0v) is 19.3. The number of hydrogen-bond donors (Lipinski definition) is 0. The van der Waals surface area contributed by atoms with Crippen LogP contribution in [0.3, 0.4) is 0 Å². The molecule has 0 saturated carbocycles. The highest BCUT2D eigenvalue weighted by molar-refractivity contribution is 7.13. The van der Waals surface area contributed by atoms with E-state index in [1.807, 2.05) is 41.5 Å². The molecule has 0 aliphatic carbocycles. The van der Waals surface area contributed by atoms with E-state index in [1.165, 1.54) is 0 Å². The summed E-state index contributed by atoms with van der Waals surface area (Å²) < 4.78 is 11.2. The van der Waals surface area contributed by atoms with Crippen LogP contribution in [0.1, 0.15) is 28.4 Å². The molecule has 1 fully saturated rings. The molecule has 0 radical (unpaired) electrons. The average molecular weight is 471 g/mol. The molecule has 0 spiro atoms. The summed E-state index contributed by atoms with van der Waals surface area (Å²) in [5, 5.41) is 7.59. The molecule has 0 bridgehead atoms. The highest BCUT2D eigenvalue weighted by Gasteiger charge is 2.26. The predicted octanol–water partition coefficient (Wildman–Crippen LogP) is 4.90. The lowest BCUT2D eigenvalue weighted by atomic mass is 10.1. The molecule has 9 heteroatoms. The van der Waals surface area contributed by atoms with Crippen LogP contribution in [0.5, 0.6) is 0 Å². The molecule has 0 N–H and O–H groups in total. The Hall–Kier alpha value is -2.68. The van der Waals surface area contributed by atoms with Crippen molar-refractivity contribution < 1.29 is 13.7 Å². The normalized spacial score (nSPS) is 15.0. The van der Waals surface area contributed by atoms with Gasteiger partial charge in [0.05, 0.1) is 4.88 Å². The lowest BCUT2D eigenvalue weighted by Crippen LogP contribution is -2.48. The highest BCUT2D eigenvalue weighted by atomic mass is 35.5. The molecular weight excluding hydrogens is 448 g/mol. The molecule has 0 atom stereocenters.